The largest absolute Gasteiger partial charge is 0.398 e. The van der Waals surface area contributed by atoms with Crippen LogP contribution in [-0.2, 0) is 17.0 Å². The first kappa shape index (κ1) is 15.7. The van der Waals surface area contributed by atoms with E-state index in [1.165, 1.54) is 0 Å². The number of rotatable bonds is 5. The van der Waals surface area contributed by atoms with Crippen molar-refractivity contribution in [3.63, 3.8) is 0 Å². The molecule has 0 saturated heterocycles. The quantitative estimate of drug-likeness (QED) is 0.260. The molecule has 0 saturated carbocycles. The average Bonchev–Trinajstić information content (AvgIpc) is 2.49. The van der Waals surface area contributed by atoms with Gasteiger partial charge in [0.2, 0.25) is 5.91 Å². The highest BCUT2D eigenvalue weighted by atomic mass is 35.5. The molecule has 0 bridgehead atoms. The van der Waals surface area contributed by atoms with Crippen molar-refractivity contribution >= 4 is 35.0 Å². The van der Waals surface area contributed by atoms with Gasteiger partial charge in [0.05, 0.1) is 17.1 Å². The van der Waals surface area contributed by atoms with Crippen LogP contribution in [0.15, 0.2) is 47.4 Å². The van der Waals surface area contributed by atoms with Crippen molar-refractivity contribution in [3.8, 4) is 0 Å². The molecule has 0 fully saturated rings. The van der Waals surface area contributed by atoms with Gasteiger partial charge in [-0.1, -0.05) is 35.9 Å². The van der Waals surface area contributed by atoms with Gasteiger partial charge in [-0.3, -0.25) is 10.2 Å². The number of nitrogens with two attached hydrogens (primary N) is 2. The molecular formula is C15H16ClN3OS. The molecule has 0 aromatic heterocycles. The molecule has 1 amide bonds. The van der Waals surface area contributed by atoms with E-state index in [9.17, 15) is 4.79 Å². The van der Waals surface area contributed by atoms with Gasteiger partial charge in [0.25, 0.3) is 0 Å². The SMILES string of the molecule is NNC(=O)Cc1ccccc1CSc1ccc(N)c(Cl)c1. The molecular weight excluding hydrogens is 306 g/mol. The van der Waals surface area contributed by atoms with E-state index in [1.54, 1.807) is 17.8 Å². The fraction of sp³-hybridized carbons (Fsp3) is 0.133. The second-order valence-electron chi connectivity index (χ2n) is 4.48. The van der Waals surface area contributed by atoms with Crippen LogP contribution in [0.1, 0.15) is 11.1 Å². The Morgan fingerprint density at radius 3 is 2.57 bits per heavy atom. The highest BCUT2D eigenvalue weighted by Crippen LogP contribution is 2.29. The highest BCUT2D eigenvalue weighted by molar-refractivity contribution is 7.98. The Balaban J connectivity index is 2.09. The molecule has 0 unspecified atom stereocenters. The number of hydrogen-bond acceptors (Lipinski definition) is 4. The molecule has 0 atom stereocenters. The highest BCUT2D eigenvalue weighted by Gasteiger charge is 2.07. The second kappa shape index (κ2) is 7.36. The topological polar surface area (TPSA) is 81.1 Å². The first-order chi connectivity index (χ1) is 10.1. The van der Waals surface area contributed by atoms with Crippen molar-refractivity contribution in [2.75, 3.05) is 5.73 Å². The molecule has 0 heterocycles. The zero-order valence-electron chi connectivity index (χ0n) is 11.3. The van der Waals surface area contributed by atoms with Gasteiger partial charge in [-0.15, -0.1) is 11.8 Å². The summed E-state index contributed by atoms with van der Waals surface area (Å²) in [6, 6.07) is 13.4. The Morgan fingerprint density at radius 2 is 1.90 bits per heavy atom. The molecule has 0 spiro atoms. The predicted octanol–water partition coefficient (Wildman–Crippen LogP) is 2.75. The fourth-order valence-corrected chi connectivity index (χ4v) is 3.07. The van der Waals surface area contributed by atoms with Crippen molar-refractivity contribution in [2.24, 2.45) is 5.84 Å². The minimum Gasteiger partial charge on any atom is -0.398 e. The van der Waals surface area contributed by atoms with Crippen LogP contribution in [0.2, 0.25) is 5.02 Å². The van der Waals surface area contributed by atoms with Gasteiger partial charge in [0.15, 0.2) is 0 Å². The van der Waals surface area contributed by atoms with E-state index in [4.69, 9.17) is 23.2 Å². The van der Waals surface area contributed by atoms with E-state index in [-0.39, 0.29) is 12.3 Å². The lowest BCUT2D eigenvalue weighted by Gasteiger charge is -2.09. The van der Waals surface area contributed by atoms with Gasteiger partial charge >= 0.3 is 0 Å². The minimum absolute atomic E-state index is 0.206. The third-order valence-electron chi connectivity index (χ3n) is 3.00. The molecule has 0 radical (unpaired) electrons. The number of carbonyl (C=O) groups excluding carboxylic acids is 1. The van der Waals surface area contributed by atoms with Crippen LogP contribution >= 0.6 is 23.4 Å². The van der Waals surface area contributed by atoms with Crippen molar-refractivity contribution in [2.45, 2.75) is 17.1 Å². The maximum absolute atomic E-state index is 11.4. The lowest BCUT2D eigenvalue weighted by Crippen LogP contribution is -2.31. The van der Waals surface area contributed by atoms with E-state index < -0.39 is 0 Å². The molecule has 5 N–H and O–H groups in total. The Labute approximate surface area is 132 Å². The van der Waals surface area contributed by atoms with E-state index in [0.29, 0.717) is 10.7 Å². The van der Waals surface area contributed by atoms with E-state index >= 15 is 0 Å². The summed E-state index contributed by atoms with van der Waals surface area (Å²) in [7, 11) is 0. The summed E-state index contributed by atoms with van der Waals surface area (Å²) in [5.74, 6) is 5.67. The molecule has 110 valence electrons. The molecule has 0 aliphatic heterocycles. The van der Waals surface area contributed by atoms with Gasteiger partial charge in [0, 0.05) is 10.6 Å². The smallest absolute Gasteiger partial charge is 0.238 e. The predicted molar refractivity (Wildman–Crippen MR) is 87.9 cm³/mol. The van der Waals surface area contributed by atoms with Gasteiger partial charge in [-0.2, -0.15) is 0 Å². The fourth-order valence-electron chi connectivity index (χ4n) is 1.85. The van der Waals surface area contributed by atoms with Crippen LogP contribution in [0.25, 0.3) is 0 Å². The van der Waals surface area contributed by atoms with Crippen LogP contribution in [0.5, 0.6) is 0 Å². The van der Waals surface area contributed by atoms with Crippen LogP contribution in [0.3, 0.4) is 0 Å². The van der Waals surface area contributed by atoms with Crippen LogP contribution in [-0.4, -0.2) is 5.91 Å². The molecule has 0 aliphatic carbocycles. The van der Waals surface area contributed by atoms with E-state index in [1.807, 2.05) is 36.4 Å². The first-order valence-corrected chi connectivity index (χ1v) is 7.70. The molecule has 4 nitrogen and oxygen atoms in total. The van der Waals surface area contributed by atoms with Gasteiger partial charge in [-0.05, 0) is 29.3 Å². The number of hydrogen-bond donors (Lipinski definition) is 3. The molecule has 21 heavy (non-hydrogen) atoms. The summed E-state index contributed by atoms with van der Waals surface area (Å²) in [6.07, 6.45) is 0.274. The number of nitrogen functional groups attached to an aromatic ring is 1. The van der Waals surface area contributed by atoms with Crippen molar-refractivity contribution in [1.29, 1.82) is 0 Å². The summed E-state index contributed by atoms with van der Waals surface area (Å²) in [4.78, 5) is 12.5. The second-order valence-corrected chi connectivity index (χ2v) is 5.94. The Kier molecular flexibility index (Phi) is 5.50. The number of anilines is 1. The van der Waals surface area contributed by atoms with Crippen LogP contribution < -0.4 is 17.0 Å². The number of hydrazine groups is 1. The summed E-state index contributed by atoms with van der Waals surface area (Å²) in [5, 5.41) is 0.552. The van der Waals surface area contributed by atoms with E-state index in [0.717, 1.165) is 21.8 Å². The Bertz CT molecular complexity index is 649. The van der Waals surface area contributed by atoms with Gasteiger partial charge in [0.1, 0.15) is 0 Å². The minimum atomic E-state index is -0.206. The summed E-state index contributed by atoms with van der Waals surface area (Å²) in [5.41, 5.74) is 10.5. The molecule has 6 heteroatoms. The lowest BCUT2D eigenvalue weighted by atomic mass is 10.1. The van der Waals surface area contributed by atoms with Crippen LogP contribution in [0, 0.1) is 0 Å². The summed E-state index contributed by atoms with van der Waals surface area (Å²) < 4.78 is 0. The average molecular weight is 322 g/mol. The Morgan fingerprint density at radius 1 is 1.19 bits per heavy atom. The van der Waals surface area contributed by atoms with Crippen molar-refractivity contribution in [3.05, 3.63) is 58.6 Å². The Hall–Kier alpha value is -1.69. The number of benzene rings is 2. The van der Waals surface area contributed by atoms with Gasteiger partial charge < -0.3 is 5.73 Å². The standard InChI is InChI=1S/C15H16ClN3OS/c16-13-8-12(5-6-14(13)17)21-9-11-4-2-1-3-10(11)7-15(20)19-18/h1-6,8H,7,9,17-18H2,(H,19,20). The number of nitrogens with one attached hydrogen (secondary N) is 1. The molecule has 2 rings (SSSR count). The lowest BCUT2D eigenvalue weighted by molar-refractivity contribution is -0.120. The third kappa shape index (κ3) is 4.39. The monoisotopic (exact) mass is 321 g/mol. The van der Waals surface area contributed by atoms with Crippen LogP contribution in [0.4, 0.5) is 5.69 Å². The van der Waals surface area contributed by atoms with Crippen molar-refractivity contribution < 1.29 is 4.79 Å². The summed E-state index contributed by atoms with van der Waals surface area (Å²) >= 11 is 7.65. The number of thioether (sulfide) groups is 1. The summed E-state index contributed by atoms with van der Waals surface area (Å²) in [6.45, 7) is 0. The zero-order valence-corrected chi connectivity index (χ0v) is 12.9. The number of carbonyl (C=O) groups is 1. The maximum Gasteiger partial charge on any atom is 0.238 e. The van der Waals surface area contributed by atoms with Gasteiger partial charge in [-0.25, -0.2) is 5.84 Å². The number of halogens is 1. The molecule has 2 aromatic carbocycles. The zero-order chi connectivity index (χ0) is 15.2. The maximum atomic E-state index is 11.4. The molecule has 2 aromatic rings. The first-order valence-electron chi connectivity index (χ1n) is 6.34. The number of amides is 1. The van der Waals surface area contributed by atoms with E-state index in [2.05, 4.69) is 5.43 Å². The van der Waals surface area contributed by atoms with Crippen molar-refractivity contribution in [1.82, 2.24) is 5.43 Å². The normalized spacial score (nSPS) is 10.4. The molecule has 0 aliphatic rings. The third-order valence-corrected chi connectivity index (χ3v) is 4.37.